The molecule has 1 saturated heterocycles. The van der Waals surface area contributed by atoms with Crippen LogP contribution in [-0.4, -0.2) is 29.4 Å². The van der Waals surface area contributed by atoms with E-state index in [1.165, 1.54) is 4.90 Å². The van der Waals surface area contributed by atoms with Gasteiger partial charge in [0.1, 0.15) is 0 Å². The van der Waals surface area contributed by atoms with Crippen molar-refractivity contribution in [1.29, 1.82) is 0 Å². The molecule has 100 valence electrons. The number of thioether (sulfide) groups is 1. The third-order valence-electron chi connectivity index (χ3n) is 3.04. The lowest BCUT2D eigenvalue weighted by atomic mass is 10.1. The molecule has 0 bridgehead atoms. The molecule has 3 rings (SSSR count). The summed E-state index contributed by atoms with van der Waals surface area (Å²) in [6.45, 7) is 1.12. The van der Waals surface area contributed by atoms with Crippen molar-refractivity contribution in [3.05, 3.63) is 42.0 Å². The van der Waals surface area contributed by atoms with Crippen molar-refractivity contribution in [3.8, 4) is 0 Å². The molecular weight excluding hydrogens is 262 g/mol. The molecule has 2 heterocycles. The van der Waals surface area contributed by atoms with E-state index < -0.39 is 0 Å². The normalized spacial score (nSPS) is 22.8. The number of hydrogen-bond acceptors (Lipinski definition) is 6. The van der Waals surface area contributed by atoms with Crippen LogP contribution in [0.2, 0.25) is 0 Å². The zero-order valence-corrected chi connectivity index (χ0v) is 11.2. The Morgan fingerprint density at radius 2 is 2.11 bits per heavy atom. The first-order chi connectivity index (χ1) is 9.33. The zero-order chi connectivity index (χ0) is 13.1. The van der Waals surface area contributed by atoms with Gasteiger partial charge in [-0.1, -0.05) is 23.4 Å². The number of nitrogens with two attached hydrogens (primary N) is 1. The van der Waals surface area contributed by atoms with Crippen LogP contribution >= 0.6 is 11.8 Å². The summed E-state index contributed by atoms with van der Waals surface area (Å²) in [7, 11) is 0. The molecule has 2 N–H and O–H groups in total. The first-order valence-electron chi connectivity index (χ1n) is 6.16. The Kier molecular flexibility index (Phi) is 3.82. The number of nitrogens with zero attached hydrogens (tertiary/aromatic N) is 2. The first-order valence-corrected chi connectivity index (χ1v) is 7.15. The topological polar surface area (TPSA) is 74.2 Å². The van der Waals surface area contributed by atoms with E-state index in [4.69, 9.17) is 15.0 Å². The SMILES string of the molecule is NC1COCC1c1nc(CSc2ccccc2)no1. The van der Waals surface area contributed by atoms with Crippen molar-refractivity contribution >= 4 is 11.8 Å². The summed E-state index contributed by atoms with van der Waals surface area (Å²) < 4.78 is 10.6. The van der Waals surface area contributed by atoms with Crippen LogP contribution in [0.25, 0.3) is 0 Å². The molecular formula is C13H15N3O2S. The van der Waals surface area contributed by atoms with Gasteiger partial charge in [-0.25, -0.2) is 0 Å². The highest BCUT2D eigenvalue weighted by molar-refractivity contribution is 7.98. The lowest BCUT2D eigenvalue weighted by Crippen LogP contribution is -2.27. The lowest BCUT2D eigenvalue weighted by Gasteiger charge is -2.06. The summed E-state index contributed by atoms with van der Waals surface area (Å²) in [5.41, 5.74) is 5.93. The number of aromatic nitrogens is 2. The van der Waals surface area contributed by atoms with E-state index in [1.807, 2.05) is 18.2 Å². The molecule has 0 amide bonds. The summed E-state index contributed by atoms with van der Waals surface area (Å²) in [6, 6.07) is 10.1. The average molecular weight is 277 g/mol. The summed E-state index contributed by atoms with van der Waals surface area (Å²) >= 11 is 1.68. The fourth-order valence-electron chi connectivity index (χ4n) is 1.97. The maximum absolute atomic E-state index is 5.93. The van der Waals surface area contributed by atoms with E-state index in [9.17, 15) is 0 Å². The third kappa shape index (κ3) is 2.97. The van der Waals surface area contributed by atoms with E-state index in [1.54, 1.807) is 11.8 Å². The van der Waals surface area contributed by atoms with Gasteiger partial charge in [-0.15, -0.1) is 11.8 Å². The number of rotatable bonds is 4. The molecule has 1 aliphatic rings. The Morgan fingerprint density at radius 1 is 1.26 bits per heavy atom. The minimum Gasteiger partial charge on any atom is -0.379 e. The van der Waals surface area contributed by atoms with Crippen molar-refractivity contribution in [1.82, 2.24) is 10.1 Å². The highest BCUT2D eigenvalue weighted by Crippen LogP contribution is 2.25. The van der Waals surface area contributed by atoms with Crippen LogP contribution in [0, 0.1) is 0 Å². The summed E-state index contributed by atoms with van der Waals surface area (Å²) in [6.07, 6.45) is 0. The van der Waals surface area contributed by atoms with Crippen molar-refractivity contribution in [2.24, 2.45) is 5.73 Å². The van der Waals surface area contributed by atoms with E-state index in [0.29, 0.717) is 30.7 Å². The summed E-state index contributed by atoms with van der Waals surface area (Å²) in [5, 5.41) is 3.99. The molecule has 5 nitrogen and oxygen atoms in total. The van der Waals surface area contributed by atoms with Gasteiger partial charge >= 0.3 is 0 Å². The predicted octanol–water partition coefficient (Wildman–Crippen LogP) is 1.80. The summed E-state index contributed by atoms with van der Waals surface area (Å²) in [4.78, 5) is 5.59. The van der Waals surface area contributed by atoms with Gasteiger partial charge in [0, 0.05) is 10.9 Å². The molecule has 0 saturated carbocycles. The van der Waals surface area contributed by atoms with Crippen molar-refractivity contribution in [3.63, 3.8) is 0 Å². The molecule has 1 aromatic carbocycles. The van der Waals surface area contributed by atoms with Crippen LogP contribution < -0.4 is 5.73 Å². The lowest BCUT2D eigenvalue weighted by molar-refractivity contribution is 0.187. The number of hydrogen-bond donors (Lipinski definition) is 1. The fourth-order valence-corrected chi connectivity index (χ4v) is 2.73. The smallest absolute Gasteiger partial charge is 0.233 e. The first kappa shape index (κ1) is 12.7. The second-order valence-corrected chi connectivity index (χ2v) is 5.51. The monoisotopic (exact) mass is 277 g/mol. The van der Waals surface area contributed by atoms with Gasteiger partial charge in [0.15, 0.2) is 5.82 Å². The molecule has 0 aliphatic carbocycles. The van der Waals surface area contributed by atoms with E-state index in [0.717, 1.165) is 0 Å². The highest BCUT2D eigenvalue weighted by atomic mass is 32.2. The van der Waals surface area contributed by atoms with Gasteiger partial charge in [0.05, 0.1) is 24.9 Å². The van der Waals surface area contributed by atoms with E-state index in [2.05, 4.69) is 22.3 Å². The molecule has 0 spiro atoms. The second-order valence-electron chi connectivity index (χ2n) is 4.46. The van der Waals surface area contributed by atoms with E-state index >= 15 is 0 Å². The van der Waals surface area contributed by atoms with Gasteiger partial charge in [-0.2, -0.15) is 4.98 Å². The minimum atomic E-state index is -0.0462. The van der Waals surface area contributed by atoms with Crippen molar-refractivity contribution < 1.29 is 9.26 Å². The highest BCUT2D eigenvalue weighted by Gasteiger charge is 2.31. The van der Waals surface area contributed by atoms with Crippen LogP contribution in [0.4, 0.5) is 0 Å². The van der Waals surface area contributed by atoms with Crippen LogP contribution in [0.5, 0.6) is 0 Å². The van der Waals surface area contributed by atoms with Crippen LogP contribution in [0.15, 0.2) is 39.8 Å². The number of ether oxygens (including phenoxy) is 1. The fraction of sp³-hybridized carbons (Fsp3) is 0.385. The summed E-state index contributed by atoms with van der Waals surface area (Å²) in [5.74, 6) is 2.01. The molecule has 0 radical (unpaired) electrons. The number of benzene rings is 1. The van der Waals surface area contributed by atoms with Gasteiger partial charge in [-0.3, -0.25) is 0 Å². The van der Waals surface area contributed by atoms with Crippen molar-refractivity contribution in [2.75, 3.05) is 13.2 Å². The molecule has 2 atom stereocenters. The molecule has 1 aromatic heterocycles. The molecule has 1 aliphatic heterocycles. The van der Waals surface area contributed by atoms with Crippen LogP contribution in [0.1, 0.15) is 17.6 Å². The average Bonchev–Trinajstić information content (AvgIpc) is 3.06. The molecule has 1 fully saturated rings. The molecule has 2 unspecified atom stereocenters. The predicted molar refractivity (Wildman–Crippen MR) is 71.8 cm³/mol. The maximum atomic E-state index is 5.93. The maximum Gasteiger partial charge on any atom is 0.233 e. The van der Waals surface area contributed by atoms with Gasteiger partial charge < -0.3 is 15.0 Å². The molecule has 2 aromatic rings. The Labute approximate surface area is 115 Å². The van der Waals surface area contributed by atoms with E-state index in [-0.39, 0.29) is 12.0 Å². The van der Waals surface area contributed by atoms with Gasteiger partial charge in [0.25, 0.3) is 0 Å². The van der Waals surface area contributed by atoms with Crippen LogP contribution in [0.3, 0.4) is 0 Å². The zero-order valence-electron chi connectivity index (χ0n) is 10.4. The Bertz CT molecular complexity index is 532. The minimum absolute atomic E-state index is 0.0305. The van der Waals surface area contributed by atoms with Gasteiger partial charge in [0.2, 0.25) is 5.89 Å². The Balaban J connectivity index is 1.62. The Morgan fingerprint density at radius 3 is 2.84 bits per heavy atom. The van der Waals surface area contributed by atoms with Crippen molar-refractivity contribution in [2.45, 2.75) is 22.6 Å². The molecule has 19 heavy (non-hydrogen) atoms. The second kappa shape index (κ2) is 5.73. The molecule has 6 heteroatoms. The third-order valence-corrected chi connectivity index (χ3v) is 4.04. The van der Waals surface area contributed by atoms with Gasteiger partial charge in [-0.05, 0) is 12.1 Å². The largest absolute Gasteiger partial charge is 0.379 e. The van der Waals surface area contributed by atoms with Crippen LogP contribution in [-0.2, 0) is 10.5 Å². The quantitative estimate of drug-likeness (QED) is 0.859. The standard InChI is InChI=1S/C13H15N3O2S/c14-11-7-17-6-10(11)13-15-12(16-18-13)8-19-9-4-2-1-3-5-9/h1-5,10-11H,6-8,14H2. The Hall–Kier alpha value is -1.37.